The van der Waals surface area contributed by atoms with Gasteiger partial charge in [-0.2, -0.15) is 0 Å². The Morgan fingerprint density at radius 1 is 0.413 bits per heavy atom. The molecule has 4 fully saturated rings. The lowest BCUT2D eigenvalue weighted by Gasteiger charge is -2.57. The van der Waals surface area contributed by atoms with Crippen LogP contribution in [0.25, 0.3) is 0 Å². The predicted molar refractivity (Wildman–Crippen MR) is 340 cm³/mol. The summed E-state index contributed by atoms with van der Waals surface area (Å²) in [6.45, 7) is 2.63. The minimum absolute atomic E-state index is 0.0259. The molecule has 4 aliphatic heterocycles. The quantitative estimate of drug-likeness (QED) is 0.0454. The lowest BCUT2D eigenvalue weighted by atomic mass is 9.82. The van der Waals surface area contributed by atoms with E-state index in [2.05, 4.69) is 0 Å². The third kappa shape index (κ3) is 16.7. The lowest BCUT2D eigenvalue weighted by Crippen LogP contribution is -2.74. The monoisotopic (exact) mass is 1250 g/mol. The zero-order chi connectivity index (χ0) is 62.7. The Bertz CT molecular complexity index is 3370. The van der Waals surface area contributed by atoms with Crippen molar-refractivity contribution in [2.24, 2.45) is 0 Å². The van der Waals surface area contributed by atoms with Gasteiger partial charge in [-0.25, -0.2) is 0 Å². The molecule has 0 saturated carbocycles. The third-order valence-corrected chi connectivity index (χ3v) is 17.2. The summed E-state index contributed by atoms with van der Waals surface area (Å²) in [5.74, 6) is 0. The molecule has 12 rings (SSSR count). The van der Waals surface area contributed by atoms with Gasteiger partial charge in [0.1, 0.15) is 61.0 Å². The Labute approximate surface area is 538 Å². The number of hydrogen-bond acceptors (Lipinski definition) is 16. The fourth-order valence-electron chi connectivity index (χ4n) is 12.4. The highest BCUT2D eigenvalue weighted by molar-refractivity contribution is 5.21. The minimum Gasteiger partial charge on any atom is -0.396 e. The molecular formula is C76H82O16. The molecule has 0 radical (unpaired) electrons. The normalized spacial score (nSPS) is 28.9. The summed E-state index contributed by atoms with van der Waals surface area (Å²) in [5.41, 5.74) is 5.09. The van der Waals surface area contributed by atoms with E-state index in [1.165, 1.54) is 0 Å². The van der Waals surface area contributed by atoms with Crippen molar-refractivity contribution in [3.8, 4) is 0 Å². The number of aliphatic hydroxyl groups excluding tert-OH is 2. The topological polar surface area (TPSA) is 170 Å². The van der Waals surface area contributed by atoms with E-state index >= 15 is 0 Å². The molecular weight excluding hydrogens is 1170 g/mol. The molecule has 8 aromatic carbocycles. The van der Waals surface area contributed by atoms with Gasteiger partial charge < -0.3 is 76.5 Å². The zero-order valence-electron chi connectivity index (χ0n) is 51.6. The molecule has 0 spiro atoms. The average molecular weight is 1250 g/mol. The van der Waals surface area contributed by atoms with Gasteiger partial charge in [0, 0.05) is 18.6 Å². The van der Waals surface area contributed by atoms with Crippen LogP contribution in [0.2, 0.25) is 0 Å². The fourth-order valence-corrected chi connectivity index (χ4v) is 12.4. The zero-order valence-corrected chi connectivity index (χ0v) is 51.6. The number of ether oxygens (including phenoxy) is 14. The second-order valence-corrected chi connectivity index (χ2v) is 23.6. The van der Waals surface area contributed by atoms with Gasteiger partial charge in [-0.3, -0.25) is 0 Å². The van der Waals surface area contributed by atoms with Gasteiger partial charge in [-0.1, -0.05) is 243 Å². The van der Waals surface area contributed by atoms with Crippen molar-refractivity contribution < 1.29 is 76.5 Å². The number of hydrogen-bond donors (Lipinski definition) is 2. The largest absolute Gasteiger partial charge is 0.396 e. The summed E-state index contributed by atoms with van der Waals surface area (Å²) >= 11 is 0. The van der Waals surface area contributed by atoms with E-state index in [1.54, 1.807) is 0 Å². The van der Waals surface area contributed by atoms with Crippen molar-refractivity contribution in [2.75, 3.05) is 19.8 Å². The Morgan fingerprint density at radius 2 is 0.793 bits per heavy atom. The van der Waals surface area contributed by atoms with Crippen molar-refractivity contribution in [1.29, 1.82) is 0 Å². The standard InChI is InChI=1S/C76H82O16/c1-53-64(80-45-55-28-12-3-13-29-55)67(82-47-57-32-16-5-17-33-57)70(85-50-60-38-22-8-23-39-60)74(87-53)92-76(42-43-77)71(66-63(89-75(76)78)52-86-72(90-66)61-40-24-9-25-41-61)91-73-69(84-49-59-36-20-7-21-37-59)68(83-48-58-34-18-6-19-35-58)65(81-46-56-30-14-4-15-31-56)62(88-73)51-79-44-54-26-10-2-11-27-54/h2-41,53,62-75,77-78H,42-52H2,1H3/t53-,62+,63+,64+,65-,66-,67+,68-,69+,70-,71-,72?,73+,74-,75?,76+/m0/s1. The minimum atomic E-state index is -2.07. The number of benzene rings is 8. The number of fused-ring (bicyclic) bond motifs is 1. The van der Waals surface area contributed by atoms with E-state index in [0.717, 1.165) is 44.5 Å². The second kappa shape index (κ2) is 32.8. The van der Waals surface area contributed by atoms with Crippen molar-refractivity contribution in [3.05, 3.63) is 287 Å². The first kappa shape index (κ1) is 65.2. The van der Waals surface area contributed by atoms with Crippen LogP contribution in [0.3, 0.4) is 0 Å². The van der Waals surface area contributed by atoms with E-state index in [9.17, 15) is 10.2 Å². The second-order valence-electron chi connectivity index (χ2n) is 23.6. The summed E-state index contributed by atoms with van der Waals surface area (Å²) in [6.07, 6.45) is -16.3. The maximum Gasteiger partial charge on any atom is 0.187 e. The van der Waals surface area contributed by atoms with Gasteiger partial charge in [-0.15, -0.1) is 0 Å². The maximum absolute atomic E-state index is 13.2. The summed E-state index contributed by atoms with van der Waals surface area (Å²) < 4.78 is 99.1. The highest BCUT2D eigenvalue weighted by atomic mass is 16.8. The lowest BCUT2D eigenvalue weighted by molar-refractivity contribution is -0.443. The van der Waals surface area contributed by atoms with E-state index in [4.69, 9.17) is 66.3 Å². The van der Waals surface area contributed by atoms with E-state index in [-0.39, 0.29) is 65.9 Å². The molecule has 2 unspecified atom stereocenters. The summed E-state index contributed by atoms with van der Waals surface area (Å²) in [7, 11) is 0. The Balaban J connectivity index is 0.969. The Morgan fingerprint density at radius 3 is 1.24 bits per heavy atom. The number of aliphatic hydroxyl groups is 2. The molecule has 4 saturated heterocycles. The van der Waals surface area contributed by atoms with E-state index in [0.29, 0.717) is 0 Å². The SMILES string of the molecule is C[C@@H]1O[C@@H](O[C@@]2(CCO)C(O)O[C@@H]3COC(c4ccccc4)O[C@@H]3[C@@H]2O[C@H]2O[C@H](COCc3ccccc3)[C@H](OCc3ccccc3)[C@H](OCc3ccccc3)[C@H]2OCc2ccccc2)[C@@H](OCc2ccccc2)[C@H](OCc2ccccc2)[C@@H]1OCc1ccccc1. The summed E-state index contributed by atoms with van der Waals surface area (Å²) in [5, 5.41) is 24.8. The molecule has 482 valence electrons. The van der Waals surface area contributed by atoms with Crippen LogP contribution in [-0.2, 0) is 113 Å². The molecule has 4 aliphatic rings. The van der Waals surface area contributed by atoms with E-state index < -0.39 is 105 Å². The Kier molecular flexibility index (Phi) is 23.2. The molecule has 0 aromatic heterocycles. The molecule has 16 nitrogen and oxygen atoms in total. The first-order valence-electron chi connectivity index (χ1n) is 31.8. The molecule has 2 N–H and O–H groups in total. The third-order valence-electron chi connectivity index (χ3n) is 17.2. The van der Waals surface area contributed by atoms with Crippen LogP contribution >= 0.6 is 0 Å². The van der Waals surface area contributed by atoms with Gasteiger partial charge >= 0.3 is 0 Å². The molecule has 92 heavy (non-hydrogen) atoms. The first-order chi connectivity index (χ1) is 45.4. The molecule has 16 heteroatoms. The summed E-state index contributed by atoms with van der Waals surface area (Å²) in [4.78, 5) is 0. The molecule has 0 bridgehead atoms. The van der Waals surface area contributed by atoms with Gasteiger partial charge in [0.05, 0.1) is 65.6 Å². The first-order valence-corrected chi connectivity index (χ1v) is 31.8. The van der Waals surface area contributed by atoms with Crippen LogP contribution in [-0.4, -0.2) is 122 Å². The van der Waals surface area contributed by atoms with Crippen molar-refractivity contribution >= 4 is 0 Å². The van der Waals surface area contributed by atoms with Crippen LogP contribution < -0.4 is 0 Å². The maximum atomic E-state index is 13.2. The molecule has 8 aromatic rings. The summed E-state index contributed by atoms with van der Waals surface area (Å²) in [6, 6.07) is 78.7. The van der Waals surface area contributed by atoms with Gasteiger partial charge in [0.25, 0.3) is 0 Å². The average Bonchev–Trinajstić information content (AvgIpc) is 0.746. The Hall–Kier alpha value is -6.88. The van der Waals surface area contributed by atoms with Gasteiger partial charge in [-0.05, 0) is 45.9 Å². The molecule has 0 aliphatic carbocycles. The van der Waals surface area contributed by atoms with Crippen molar-refractivity contribution in [2.45, 2.75) is 157 Å². The van der Waals surface area contributed by atoms with Crippen LogP contribution in [0.5, 0.6) is 0 Å². The molecule has 4 heterocycles. The van der Waals surface area contributed by atoms with Gasteiger partial charge in [0.2, 0.25) is 0 Å². The van der Waals surface area contributed by atoms with Crippen LogP contribution in [0.4, 0.5) is 0 Å². The van der Waals surface area contributed by atoms with Gasteiger partial charge in [0.15, 0.2) is 30.8 Å². The van der Waals surface area contributed by atoms with E-state index in [1.807, 2.05) is 250 Å². The number of rotatable bonds is 29. The molecule has 16 atom stereocenters. The van der Waals surface area contributed by atoms with Crippen molar-refractivity contribution in [3.63, 3.8) is 0 Å². The highest BCUT2D eigenvalue weighted by Gasteiger charge is 2.64. The highest BCUT2D eigenvalue weighted by Crippen LogP contribution is 2.47. The molecule has 0 amide bonds. The smallest absolute Gasteiger partial charge is 0.187 e. The predicted octanol–water partition coefficient (Wildman–Crippen LogP) is 11.5. The van der Waals surface area contributed by atoms with Crippen LogP contribution in [0, 0.1) is 0 Å². The van der Waals surface area contributed by atoms with Crippen LogP contribution in [0.1, 0.15) is 64.1 Å². The van der Waals surface area contributed by atoms with Crippen LogP contribution in [0.15, 0.2) is 243 Å². The van der Waals surface area contributed by atoms with Crippen molar-refractivity contribution in [1.82, 2.24) is 0 Å². The fraction of sp³-hybridized carbons (Fsp3) is 0.368.